The van der Waals surface area contributed by atoms with Gasteiger partial charge in [-0.3, -0.25) is 0 Å². The minimum absolute atomic E-state index is 0.0432. The maximum Gasteiger partial charge on any atom is 0.246 e. The van der Waals surface area contributed by atoms with Crippen molar-refractivity contribution in [2.24, 2.45) is 0 Å². The maximum atomic E-state index is 13.9. The van der Waals surface area contributed by atoms with E-state index in [9.17, 15) is 12.8 Å². The number of fused-ring (bicyclic) bond motifs is 2. The van der Waals surface area contributed by atoms with E-state index in [2.05, 4.69) is 5.32 Å². The van der Waals surface area contributed by atoms with Crippen molar-refractivity contribution >= 4 is 21.6 Å². The number of hydrogen-bond acceptors (Lipinski definition) is 3. The summed E-state index contributed by atoms with van der Waals surface area (Å²) < 4.78 is 41.0. The van der Waals surface area contributed by atoms with E-state index in [1.807, 2.05) is 0 Å². The molecule has 1 aromatic rings. The first-order valence-electron chi connectivity index (χ1n) is 6.69. The van der Waals surface area contributed by atoms with Crippen LogP contribution in [-0.4, -0.2) is 37.9 Å². The first kappa shape index (κ1) is 14.3. The SMILES string of the molecule is O=S(=O)(c1cc(Cl)ccc1F)N1C2CCNCC1CC2. The summed E-state index contributed by atoms with van der Waals surface area (Å²) in [6.45, 7) is 1.42. The Kier molecular flexibility index (Phi) is 3.75. The van der Waals surface area contributed by atoms with Crippen LogP contribution >= 0.6 is 11.6 Å². The van der Waals surface area contributed by atoms with Gasteiger partial charge in [0.05, 0.1) is 0 Å². The third kappa shape index (κ3) is 2.35. The van der Waals surface area contributed by atoms with Crippen molar-refractivity contribution in [3.8, 4) is 0 Å². The van der Waals surface area contributed by atoms with E-state index in [1.165, 1.54) is 16.4 Å². The van der Waals surface area contributed by atoms with Crippen LogP contribution in [0.4, 0.5) is 4.39 Å². The molecule has 2 aliphatic heterocycles. The summed E-state index contributed by atoms with van der Waals surface area (Å²) in [7, 11) is -3.84. The van der Waals surface area contributed by atoms with Crippen molar-refractivity contribution in [2.75, 3.05) is 13.1 Å². The van der Waals surface area contributed by atoms with Gasteiger partial charge in [0, 0.05) is 23.7 Å². The molecule has 2 saturated heterocycles. The Labute approximate surface area is 123 Å². The fraction of sp³-hybridized carbons (Fsp3) is 0.538. The highest BCUT2D eigenvalue weighted by atomic mass is 35.5. The fourth-order valence-electron chi connectivity index (χ4n) is 3.12. The Balaban J connectivity index is 2.05. The normalized spacial score (nSPS) is 27.5. The van der Waals surface area contributed by atoms with Gasteiger partial charge < -0.3 is 5.32 Å². The minimum Gasteiger partial charge on any atom is -0.315 e. The summed E-state index contributed by atoms with van der Waals surface area (Å²) in [6, 6.07) is 3.52. The predicted octanol–water partition coefficient (Wildman–Crippen LogP) is 1.99. The van der Waals surface area contributed by atoms with E-state index in [-0.39, 0.29) is 22.0 Å². The van der Waals surface area contributed by atoms with Gasteiger partial charge in [0.2, 0.25) is 10.0 Å². The van der Waals surface area contributed by atoms with Crippen molar-refractivity contribution < 1.29 is 12.8 Å². The summed E-state index contributed by atoms with van der Waals surface area (Å²) in [4.78, 5) is -0.316. The molecule has 0 amide bonds. The summed E-state index contributed by atoms with van der Waals surface area (Å²) in [5.41, 5.74) is 0. The summed E-state index contributed by atoms with van der Waals surface area (Å²) in [5.74, 6) is -0.744. The van der Waals surface area contributed by atoms with Crippen molar-refractivity contribution in [1.29, 1.82) is 0 Å². The second-order valence-electron chi connectivity index (χ2n) is 5.29. The summed E-state index contributed by atoms with van der Waals surface area (Å²) in [5, 5.41) is 3.46. The molecule has 2 aliphatic rings. The number of rotatable bonds is 2. The van der Waals surface area contributed by atoms with Gasteiger partial charge >= 0.3 is 0 Å². The molecule has 3 rings (SSSR count). The lowest BCUT2D eigenvalue weighted by Gasteiger charge is -2.27. The highest BCUT2D eigenvalue weighted by molar-refractivity contribution is 7.89. The van der Waals surface area contributed by atoms with Crippen molar-refractivity contribution in [2.45, 2.75) is 36.2 Å². The molecule has 2 heterocycles. The third-order valence-corrected chi connectivity index (χ3v) is 6.29. The third-order valence-electron chi connectivity index (χ3n) is 4.04. The lowest BCUT2D eigenvalue weighted by molar-refractivity contribution is 0.333. The van der Waals surface area contributed by atoms with E-state index in [1.54, 1.807) is 0 Å². The minimum atomic E-state index is -3.84. The van der Waals surface area contributed by atoms with Crippen LogP contribution in [0.15, 0.2) is 23.1 Å². The molecule has 7 heteroatoms. The molecule has 2 fully saturated rings. The van der Waals surface area contributed by atoms with Crippen LogP contribution in [0.2, 0.25) is 5.02 Å². The van der Waals surface area contributed by atoms with Gasteiger partial charge in [-0.05, 0) is 44.0 Å². The lowest BCUT2D eigenvalue weighted by atomic mass is 10.1. The van der Waals surface area contributed by atoms with Crippen LogP contribution in [0.5, 0.6) is 0 Å². The zero-order chi connectivity index (χ0) is 14.3. The van der Waals surface area contributed by atoms with Gasteiger partial charge in [0.1, 0.15) is 10.7 Å². The topological polar surface area (TPSA) is 49.4 Å². The first-order chi connectivity index (χ1) is 9.50. The molecule has 0 spiro atoms. The van der Waals surface area contributed by atoms with E-state index in [4.69, 9.17) is 11.6 Å². The van der Waals surface area contributed by atoms with Gasteiger partial charge in [-0.25, -0.2) is 12.8 Å². The lowest BCUT2D eigenvalue weighted by Crippen LogP contribution is -2.42. The summed E-state index contributed by atoms with van der Waals surface area (Å²) in [6.07, 6.45) is 2.42. The quantitative estimate of drug-likeness (QED) is 0.907. The second-order valence-corrected chi connectivity index (χ2v) is 7.54. The van der Waals surface area contributed by atoms with Gasteiger partial charge in [-0.2, -0.15) is 4.31 Å². The monoisotopic (exact) mass is 318 g/mol. The van der Waals surface area contributed by atoms with Crippen molar-refractivity contribution in [3.63, 3.8) is 0 Å². The largest absolute Gasteiger partial charge is 0.315 e. The molecule has 1 aromatic carbocycles. The van der Waals surface area contributed by atoms with Crippen LogP contribution in [0.3, 0.4) is 0 Å². The zero-order valence-electron chi connectivity index (χ0n) is 10.9. The highest BCUT2D eigenvalue weighted by Gasteiger charge is 2.43. The van der Waals surface area contributed by atoms with E-state index < -0.39 is 15.8 Å². The Bertz CT molecular complexity index is 609. The van der Waals surface area contributed by atoms with Gasteiger partial charge in [-0.15, -0.1) is 0 Å². The standard InChI is InChI=1S/C13H16ClFN2O2S/c14-9-1-4-12(15)13(7-9)20(18,19)17-10-2-3-11(17)8-16-6-5-10/h1,4,7,10-11,16H,2-3,5-6,8H2. The number of nitrogens with zero attached hydrogens (tertiary/aromatic N) is 1. The molecule has 4 nitrogen and oxygen atoms in total. The number of sulfonamides is 1. The van der Waals surface area contributed by atoms with E-state index in [0.717, 1.165) is 31.9 Å². The number of halogens is 2. The van der Waals surface area contributed by atoms with Crippen LogP contribution in [0.1, 0.15) is 19.3 Å². The van der Waals surface area contributed by atoms with Gasteiger partial charge in [0.25, 0.3) is 0 Å². The molecule has 2 bridgehead atoms. The van der Waals surface area contributed by atoms with Crippen LogP contribution in [0, 0.1) is 5.82 Å². The van der Waals surface area contributed by atoms with Gasteiger partial charge in [-0.1, -0.05) is 11.6 Å². The van der Waals surface area contributed by atoms with Gasteiger partial charge in [0.15, 0.2) is 0 Å². The molecule has 110 valence electrons. The number of benzene rings is 1. The fourth-order valence-corrected chi connectivity index (χ4v) is 5.35. The molecule has 1 N–H and O–H groups in total. The average molecular weight is 319 g/mol. The zero-order valence-corrected chi connectivity index (χ0v) is 12.4. The Morgan fingerprint density at radius 2 is 2.00 bits per heavy atom. The Morgan fingerprint density at radius 1 is 1.25 bits per heavy atom. The van der Waals surface area contributed by atoms with E-state index in [0.29, 0.717) is 6.54 Å². The molecule has 0 aromatic heterocycles. The molecular weight excluding hydrogens is 303 g/mol. The molecule has 20 heavy (non-hydrogen) atoms. The van der Waals surface area contributed by atoms with Crippen molar-refractivity contribution in [1.82, 2.24) is 9.62 Å². The summed E-state index contributed by atoms with van der Waals surface area (Å²) >= 11 is 5.82. The number of hydrogen-bond donors (Lipinski definition) is 1. The molecular formula is C13H16ClFN2O2S. The smallest absolute Gasteiger partial charge is 0.246 e. The van der Waals surface area contributed by atoms with Crippen LogP contribution in [-0.2, 0) is 10.0 Å². The Hall–Kier alpha value is -0.690. The highest BCUT2D eigenvalue weighted by Crippen LogP contribution is 2.35. The average Bonchev–Trinajstić information content (AvgIpc) is 2.66. The van der Waals surface area contributed by atoms with Crippen LogP contribution in [0.25, 0.3) is 0 Å². The van der Waals surface area contributed by atoms with Crippen molar-refractivity contribution in [3.05, 3.63) is 29.0 Å². The molecule has 0 saturated carbocycles. The second kappa shape index (κ2) is 5.26. The molecule has 0 aliphatic carbocycles. The van der Waals surface area contributed by atoms with Crippen LogP contribution < -0.4 is 5.32 Å². The maximum absolute atomic E-state index is 13.9. The Morgan fingerprint density at radius 3 is 2.80 bits per heavy atom. The van der Waals surface area contributed by atoms with E-state index >= 15 is 0 Å². The molecule has 2 unspecified atom stereocenters. The predicted molar refractivity (Wildman–Crippen MR) is 74.7 cm³/mol. The molecule has 2 atom stereocenters. The number of nitrogens with one attached hydrogen (secondary N) is 1. The molecule has 0 radical (unpaired) electrons. The first-order valence-corrected chi connectivity index (χ1v) is 8.51.